The van der Waals surface area contributed by atoms with Crippen molar-refractivity contribution in [1.82, 2.24) is 19.6 Å². The van der Waals surface area contributed by atoms with Crippen LogP contribution in [0.25, 0.3) is 0 Å². The van der Waals surface area contributed by atoms with E-state index >= 15 is 0 Å². The quantitative estimate of drug-likeness (QED) is 0.0919. The number of carbonyl (C=O) groups excluding carboxylic acids is 4. The van der Waals surface area contributed by atoms with Crippen molar-refractivity contribution in [3.05, 3.63) is 144 Å². The Bertz CT molecular complexity index is 2060. The molecule has 2 heterocycles. The second-order valence-electron chi connectivity index (χ2n) is 15.7. The first kappa shape index (κ1) is 46.5. The first-order valence-electron chi connectivity index (χ1n) is 21.3. The largest absolute Gasteiger partial charge is 0.481 e. The molecular formula is C48H56N4O11. The molecule has 63 heavy (non-hydrogen) atoms. The van der Waals surface area contributed by atoms with Crippen molar-refractivity contribution < 1.29 is 53.1 Å². The fourth-order valence-corrected chi connectivity index (χ4v) is 8.09. The standard InChI is InChI=1S/C48H56N4O11/c53-26-21-40-29-51(24-23-50(40)31-44(57)61-33-37-15-7-2-8-16-37)45(47(58)62-34-38-17-9-3-10-18-38)46(48(59)63-35-39-19-11-4-12-20-39)52-25-22-49(28-41(52)27-42(54)55)30-43(56)60-32-36-13-5-1-6-14-36/h1-20,40-41,45-46,53H,21-35H2,(H,54,55). The van der Waals surface area contributed by atoms with E-state index in [0.29, 0.717) is 5.56 Å². The Morgan fingerprint density at radius 3 is 1.48 bits per heavy atom. The van der Waals surface area contributed by atoms with Crippen molar-refractivity contribution in [2.75, 3.05) is 59.0 Å². The molecule has 0 spiro atoms. The van der Waals surface area contributed by atoms with Gasteiger partial charge >= 0.3 is 29.8 Å². The van der Waals surface area contributed by atoms with Crippen LogP contribution in [0.3, 0.4) is 0 Å². The number of carbonyl (C=O) groups is 5. The first-order valence-corrected chi connectivity index (χ1v) is 21.3. The van der Waals surface area contributed by atoms with E-state index in [1.807, 2.05) is 119 Å². The van der Waals surface area contributed by atoms with Crippen LogP contribution in [0.15, 0.2) is 121 Å². The zero-order valence-corrected chi connectivity index (χ0v) is 35.3. The monoisotopic (exact) mass is 864 g/mol. The number of aliphatic hydroxyl groups excluding tert-OH is 1. The number of carboxylic acid groups (broad SMARTS) is 1. The van der Waals surface area contributed by atoms with Crippen LogP contribution in [0.2, 0.25) is 0 Å². The normalized spacial score (nSPS) is 18.4. The summed E-state index contributed by atoms with van der Waals surface area (Å²) in [6, 6.07) is 32.8. The molecule has 0 aliphatic carbocycles. The van der Waals surface area contributed by atoms with E-state index < -0.39 is 60.4 Å². The molecule has 15 heteroatoms. The molecule has 2 saturated heterocycles. The molecule has 4 unspecified atom stereocenters. The second kappa shape index (κ2) is 24.0. The van der Waals surface area contributed by atoms with Crippen LogP contribution in [-0.2, 0) is 69.3 Å². The highest BCUT2D eigenvalue weighted by Gasteiger charge is 2.49. The lowest BCUT2D eigenvalue weighted by Crippen LogP contribution is -2.69. The number of aliphatic carboxylic acids is 1. The van der Waals surface area contributed by atoms with Crippen LogP contribution in [0.5, 0.6) is 0 Å². The molecule has 6 rings (SSSR count). The summed E-state index contributed by atoms with van der Waals surface area (Å²) in [4.78, 5) is 75.4. The Balaban J connectivity index is 1.27. The van der Waals surface area contributed by atoms with Gasteiger partial charge in [0.2, 0.25) is 0 Å². The minimum Gasteiger partial charge on any atom is -0.481 e. The molecule has 4 aromatic carbocycles. The molecule has 15 nitrogen and oxygen atoms in total. The fraction of sp³-hybridized carbons (Fsp3) is 0.396. The highest BCUT2D eigenvalue weighted by Crippen LogP contribution is 2.27. The number of carboxylic acids is 1. The van der Waals surface area contributed by atoms with Gasteiger partial charge < -0.3 is 29.2 Å². The third kappa shape index (κ3) is 14.3. The second-order valence-corrected chi connectivity index (χ2v) is 15.7. The number of hydrogen-bond acceptors (Lipinski definition) is 14. The van der Waals surface area contributed by atoms with Gasteiger partial charge in [-0.1, -0.05) is 121 Å². The van der Waals surface area contributed by atoms with E-state index in [1.165, 1.54) is 0 Å². The van der Waals surface area contributed by atoms with Crippen LogP contribution in [0.4, 0.5) is 0 Å². The maximum atomic E-state index is 14.8. The first-order chi connectivity index (χ1) is 30.7. The molecule has 4 atom stereocenters. The summed E-state index contributed by atoms with van der Waals surface area (Å²) in [5.74, 6) is -3.54. The van der Waals surface area contributed by atoms with Gasteiger partial charge in [0, 0.05) is 58.0 Å². The Kier molecular flexibility index (Phi) is 17.7. The third-order valence-corrected chi connectivity index (χ3v) is 11.3. The Morgan fingerprint density at radius 1 is 0.540 bits per heavy atom. The summed E-state index contributed by atoms with van der Waals surface area (Å²) in [6.45, 7) is 0.661. The molecule has 2 aliphatic heterocycles. The summed E-state index contributed by atoms with van der Waals surface area (Å²) in [5.41, 5.74) is 3.10. The van der Waals surface area contributed by atoms with Crippen LogP contribution >= 0.6 is 0 Å². The number of hydrogen-bond donors (Lipinski definition) is 2. The van der Waals surface area contributed by atoms with Gasteiger partial charge in [-0.2, -0.15) is 0 Å². The topological polar surface area (TPSA) is 176 Å². The zero-order chi connectivity index (χ0) is 44.4. The van der Waals surface area contributed by atoms with E-state index in [4.69, 9.17) is 18.9 Å². The molecule has 2 N–H and O–H groups in total. The highest BCUT2D eigenvalue weighted by atomic mass is 16.5. The van der Waals surface area contributed by atoms with Gasteiger partial charge in [0.05, 0.1) is 19.5 Å². The van der Waals surface area contributed by atoms with Gasteiger partial charge in [-0.15, -0.1) is 0 Å². The molecule has 334 valence electrons. The Morgan fingerprint density at radius 2 is 1.00 bits per heavy atom. The van der Waals surface area contributed by atoms with E-state index in [1.54, 1.807) is 21.9 Å². The number of aliphatic hydroxyl groups is 1. The molecule has 0 aromatic heterocycles. The molecular weight excluding hydrogens is 809 g/mol. The lowest BCUT2D eigenvalue weighted by atomic mass is 9.96. The van der Waals surface area contributed by atoms with Crippen molar-refractivity contribution in [3.8, 4) is 0 Å². The molecule has 0 radical (unpaired) electrons. The number of benzene rings is 4. The molecule has 0 amide bonds. The zero-order valence-electron chi connectivity index (χ0n) is 35.3. The SMILES string of the molecule is O=C(O)CC1CN(CC(=O)OCc2ccccc2)CCN1C(C(=O)OCc1ccccc1)C(C(=O)OCc1ccccc1)N1CCN(CC(=O)OCc2ccccc2)C(CCO)C1. The summed E-state index contributed by atoms with van der Waals surface area (Å²) < 4.78 is 23.1. The third-order valence-electron chi connectivity index (χ3n) is 11.3. The van der Waals surface area contributed by atoms with Gasteiger partial charge in [0.25, 0.3) is 0 Å². The Labute approximate surface area is 367 Å². The van der Waals surface area contributed by atoms with Crippen LogP contribution in [0.1, 0.15) is 35.1 Å². The van der Waals surface area contributed by atoms with Crippen molar-refractivity contribution in [2.45, 2.75) is 63.4 Å². The van der Waals surface area contributed by atoms with E-state index in [-0.39, 0.29) is 91.8 Å². The smallest absolute Gasteiger partial charge is 0.325 e. The number of rotatable bonds is 21. The van der Waals surface area contributed by atoms with Crippen molar-refractivity contribution in [2.24, 2.45) is 0 Å². The maximum Gasteiger partial charge on any atom is 0.325 e. The molecule has 4 aromatic rings. The van der Waals surface area contributed by atoms with Crippen LogP contribution < -0.4 is 0 Å². The van der Waals surface area contributed by atoms with Gasteiger partial charge in [-0.25, -0.2) is 0 Å². The molecule has 2 fully saturated rings. The van der Waals surface area contributed by atoms with Gasteiger partial charge in [0.15, 0.2) is 0 Å². The molecule has 0 bridgehead atoms. The number of ether oxygens (including phenoxy) is 4. The predicted octanol–water partition coefficient (Wildman–Crippen LogP) is 3.53. The maximum absolute atomic E-state index is 14.8. The van der Waals surface area contributed by atoms with Crippen molar-refractivity contribution in [3.63, 3.8) is 0 Å². The summed E-state index contributed by atoms with van der Waals surface area (Å²) >= 11 is 0. The average Bonchev–Trinajstić information content (AvgIpc) is 3.30. The lowest BCUT2D eigenvalue weighted by Gasteiger charge is -2.49. The number of piperazine rings is 2. The van der Waals surface area contributed by atoms with Crippen molar-refractivity contribution in [1.29, 1.82) is 0 Å². The van der Waals surface area contributed by atoms with Gasteiger partial charge in [0.1, 0.15) is 38.5 Å². The van der Waals surface area contributed by atoms with Gasteiger partial charge in [-0.3, -0.25) is 43.6 Å². The minimum atomic E-state index is -1.36. The number of nitrogens with zero attached hydrogens (tertiary/aromatic N) is 4. The van der Waals surface area contributed by atoms with E-state index in [0.717, 1.165) is 16.7 Å². The number of esters is 4. The highest BCUT2D eigenvalue weighted by molar-refractivity contribution is 5.87. The average molecular weight is 865 g/mol. The molecule has 0 saturated carbocycles. The van der Waals surface area contributed by atoms with E-state index in [9.17, 15) is 34.2 Å². The Hall–Kier alpha value is -5.97. The summed E-state index contributed by atoms with van der Waals surface area (Å²) in [6.07, 6.45) is -0.159. The molecule has 2 aliphatic rings. The van der Waals surface area contributed by atoms with Crippen LogP contribution in [0, 0.1) is 0 Å². The predicted molar refractivity (Wildman–Crippen MR) is 230 cm³/mol. The lowest BCUT2D eigenvalue weighted by molar-refractivity contribution is -0.171. The van der Waals surface area contributed by atoms with E-state index in [2.05, 4.69) is 0 Å². The fourth-order valence-electron chi connectivity index (χ4n) is 8.09. The van der Waals surface area contributed by atoms with Gasteiger partial charge in [-0.05, 0) is 28.7 Å². The minimum absolute atomic E-state index is 0.0621. The van der Waals surface area contributed by atoms with Crippen molar-refractivity contribution >= 4 is 29.8 Å². The summed E-state index contributed by atoms with van der Waals surface area (Å²) in [5, 5.41) is 20.4. The van der Waals surface area contributed by atoms with Crippen LogP contribution in [-0.4, -0.2) is 143 Å². The summed E-state index contributed by atoms with van der Waals surface area (Å²) in [7, 11) is 0.